The molecule has 1 fully saturated rings. The van der Waals surface area contributed by atoms with Crippen LogP contribution in [0.2, 0.25) is 5.02 Å². The SMILES string of the molecule is COCCn1c(N2CCC(=O)NC2=O)cnc1-c1ccc2c(c1)CN(Cc1ccc(OCc3c(F)cccc3Cl)cc1)C2. The molecule has 0 spiro atoms. The Balaban J connectivity index is 1.13. The van der Waals surface area contributed by atoms with E-state index in [2.05, 4.69) is 33.4 Å². The molecule has 0 bridgehead atoms. The molecule has 222 valence electrons. The molecule has 3 amide bonds. The van der Waals surface area contributed by atoms with Crippen LogP contribution in [0.4, 0.5) is 15.0 Å². The number of imide groups is 1. The van der Waals surface area contributed by atoms with Gasteiger partial charge in [-0.15, -0.1) is 0 Å². The number of nitrogens with zero attached hydrogens (tertiary/aromatic N) is 4. The highest BCUT2D eigenvalue weighted by Crippen LogP contribution is 2.32. The van der Waals surface area contributed by atoms with Gasteiger partial charge in [0.15, 0.2) is 0 Å². The van der Waals surface area contributed by atoms with Crippen LogP contribution in [0.3, 0.4) is 0 Å². The Bertz CT molecular complexity index is 1640. The van der Waals surface area contributed by atoms with Crippen molar-refractivity contribution in [2.24, 2.45) is 0 Å². The number of carbonyl (C=O) groups is 2. The third kappa shape index (κ3) is 6.27. The van der Waals surface area contributed by atoms with E-state index >= 15 is 0 Å². The summed E-state index contributed by atoms with van der Waals surface area (Å²) in [7, 11) is 1.63. The second-order valence-electron chi connectivity index (χ2n) is 10.6. The van der Waals surface area contributed by atoms with E-state index in [4.69, 9.17) is 21.1 Å². The summed E-state index contributed by atoms with van der Waals surface area (Å²) in [5.74, 6) is 1.36. The summed E-state index contributed by atoms with van der Waals surface area (Å²) >= 11 is 6.11. The molecule has 3 aromatic carbocycles. The number of imidazole rings is 1. The van der Waals surface area contributed by atoms with Crippen LogP contribution in [0, 0.1) is 5.82 Å². The van der Waals surface area contributed by atoms with Crippen molar-refractivity contribution in [3.05, 3.63) is 100.0 Å². The number of anilines is 1. The van der Waals surface area contributed by atoms with Crippen molar-refractivity contribution in [1.29, 1.82) is 0 Å². The van der Waals surface area contributed by atoms with E-state index in [1.54, 1.807) is 30.3 Å². The zero-order valence-corrected chi connectivity index (χ0v) is 24.4. The van der Waals surface area contributed by atoms with Gasteiger partial charge in [-0.25, -0.2) is 14.2 Å². The van der Waals surface area contributed by atoms with Crippen LogP contribution in [0.1, 0.15) is 28.7 Å². The van der Waals surface area contributed by atoms with Gasteiger partial charge in [0, 0.05) is 57.4 Å². The minimum Gasteiger partial charge on any atom is -0.489 e. The molecular weight excluding hydrogens is 573 g/mol. The standard InChI is InChI=1S/C32H31ClFN5O4/c1-42-14-13-38-30(39-12-11-29(40)36-32(39)41)16-35-31(38)22-7-8-23-18-37(19-24(23)15-22)17-21-5-9-25(10-6-21)43-20-26-27(33)3-2-4-28(26)34/h2-10,15-16H,11-14,17-20H2,1H3,(H,36,40,41). The van der Waals surface area contributed by atoms with E-state index in [1.807, 2.05) is 28.8 Å². The summed E-state index contributed by atoms with van der Waals surface area (Å²) in [5, 5.41) is 2.73. The number of amides is 3. The summed E-state index contributed by atoms with van der Waals surface area (Å²) in [4.78, 5) is 32.8. The van der Waals surface area contributed by atoms with Gasteiger partial charge in [-0.3, -0.25) is 19.9 Å². The highest BCUT2D eigenvalue weighted by atomic mass is 35.5. The smallest absolute Gasteiger partial charge is 0.329 e. The first-order chi connectivity index (χ1) is 20.9. The Kier molecular flexibility index (Phi) is 8.42. The number of aromatic nitrogens is 2. The predicted molar refractivity (Wildman–Crippen MR) is 160 cm³/mol. The Labute approximate surface area is 253 Å². The molecule has 1 saturated heterocycles. The number of halogens is 2. The Morgan fingerprint density at radius 3 is 2.63 bits per heavy atom. The van der Waals surface area contributed by atoms with E-state index in [9.17, 15) is 14.0 Å². The number of nitrogens with one attached hydrogen (secondary N) is 1. The van der Waals surface area contributed by atoms with E-state index in [0.717, 1.165) is 36.6 Å². The molecule has 0 radical (unpaired) electrons. The van der Waals surface area contributed by atoms with Crippen LogP contribution in [0.5, 0.6) is 5.75 Å². The summed E-state index contributed by atoms with van der Waals surface area (Å²) in [6.07, 6.45) is 1.92. The topological polar surface area (TPSA) is 88.9 Å². The van der Waals surface area contributed by atoms with E-state index in [1.165, 1.54) is 17.2 Å². The van der Waals surface area contributed by atoms with E-state index in [0.29, 0.717) is 41.8 Å². The first-order valence-corrected chi connectivity index (χ1v) is 14.4. The van der Waals surface area contributed by atoms with Crippen LogP contribution in [-0.4, -0.2) is 46.7 Å². The third-order valence-electron chi connectivity index (χ3n) is 7.71. The number of ether oxygens (including phenoxy) is 2. The van der Waals surface area contributed by atoms with Gasteiger partial charge in [-0.2, -0.15) is 0 Å². The zero-order chi connectivity index (χ0) is 29.9. The average Bonchev–Trinajstić information content (AvgIpc) is 3.59. The number of methoxy groups -OCH3 is 1. The zero-order valence-electron chi connectivity index (χ0n) is 23.7. The number of benzene rings is 3. The molecule has 0 unspecified atom stereocenters. The van der Waals surface area contributed by atoms with Gasteiger partial charge in [-0.1, -0.05) is 41.9 Å². The molecule has 1 aromatic heterocycles. The molecular formula is C32H31ClFN5O4. The molecule has 11 heteroatoms. The molecule has 3 heterocycles. The van der Waals surface area contributed by atoms with Gasteiger partial charge < -0.3 is 14.0 Å². The molecule has 2 aliphatic heterocycles. The fourth-order valence-corrected chi connectivity index (χ4v) is 5.71. The van der Waals surface area contributed by atoms with Crippen molar-refractivity contribution in [1.82, 2.24) is 19.8 Å². The minimum absolute atomic E-state index is 0.0602. The second kappa shape index (κ2) is 12.5. The molecule has 2 aliphatic rings. The van der Waals surface area contributed by atoms with E-state index in [-0.39, 0.29) is 24.8 Å². The molecule has 1 N–H and O–H groups in total. The van der Waals surface area contributed by atoms with Crippen molar-refractivity contribution < 1.29 is 23.5 Å². The summed E-state index contributed by atoms with van der Waals surface area (Å²) in [5.41, 5.74) is 4.92. The maximum Gasteiger partial charge on any atom is 0.329 e. The van der Waals surface area contributed by atoms with Crippen molar-refractivity contribution in [3.8, 4) is 17.1 Å². The Hall–Kier alpha value is -4.25. The van der Waals surface area contributed by atoms with Crippen LogP contribution in [-0.2, 0) is 42.3 Å². The first-order valence-electron chi connectivity index (χ1n) is 14.0. The van der Waals surface area contributed by atoms with Crippen molar-refractivity contribution in [3.63, 3.8) is 0 Å². The van der Waals surface area contributed by atoms with Gasteiger partial charge in [0.05, 0.1) is 17.8 Å². The number of fused-ring (bicyclic) bond motifs is 1. The number of urea groups is 1. The highest BCUT2D eigenvalue weighted by Gasteiger charge is 2.28. The lowest BCUT2D eigenvalue weighted by atomic mass is 10.1. The maximum atomic E-state index is 14.0. The number of rotatable bonds is 10. The highest BCUT2D eigenvalue weighted by molar-refractivity contribution is 6.31. The van der Waals surface area contributed by atoms with Crippen LogP contribution >= 0.6 is 11.6 Å². The third-order valence-corrected chi connectivity index (χ3v) is 8.06. The fourth-order valence-electron chi connectivity index (χ4n) is 5.49. The van der Waals surface area contributed by atoms with Crippen LogP contribution in [0.25, 0.3) is 11.4 Å². The van der Waals surface area contributed by atoms with Gasteiger partial charge in [0.2, 0.25) is 5.91 Å². The van der Waals surface area contributed by atoms with Crippen molar-refractivity contribution >= 4 is 29.4 Å². The number of hydrogen-bond acceptors (Lipinski definition) is 6. The predicted octanol–water partition coefficient (Wildman–Crippen LogP) is 5.53. The molecule has 6 rings (SSSR count). The lowest BCUT2D eigenvalue weighted by molar-refractivity contribution is -0.120. The Morgan fingerprint density at radius 2 is 1.86 bits per heavy atom. The molecule has 0 atom stereocenters. The number of hydrogen-bond donors (Lipinski definition) is 1. The van der Waals surface area contributed by atoms with Gasteiger partial charge in [-0.05, 0) is 47.0 Å². The largest absolute Gasteiger partial charge is 0.489 e. The average molecular weight is 604 g/mol. The van der Waals surface area contributed by atoms with Crippen molar-refractivity contribution in [2.45, 2.75) is 39.2 Å². The van der Waals surface area contributed by atoms with E-state index < -0.39 is 6.03 Å². The summed E-state index contributed by atoms with van der Waals surface area (Å²) < 4.78 is 27.1. The molecule has 43 heavy (non-hydrogen) atoms. The molecule has 9 nitrogen and oxygen atoms in total. The maximum absolute atomic E-state index is 14.0. The Morgan fingerprint density at radius 1 is 1.05 bits per heavy atom. The molecule has 0 saturated carbocycles. The normalized spacial score (nSPS) is 15.1. The first kappa shape index (κ1) is 28.9. The second-order valence-corrected chi connectivity index (χ2v) is 11.0. The summed E-state index contributed by atoms with van der Waals surface area (Å²) in [6, 6.07) is 18.3. The quantitative estimate of drug-likeness (QED) is 0.256. The molecule has 4 aromatic rings. The van der Waals surface area contributed by atoms with Gasteiger partial charge >= 0.3 is 6.03 Å². The van der Waals surface area contributed by atoms with Crippen LogP contribution < -0.4 is 15.0 Å². The minimum atomic E-state index is -0.444. The van der Waals surface area contributed by atoms with Gasteiger partial charge in [0.1, 0.15) is 29.8 Å². The van der Waals surface area contributed by atoms with Crippen LogP contribution in [0.15, 0.2) is 66.9 Å². The molecule has 0 aliphatic carbocycles. The lowest BCUT2D eigenvalue weighted by Crippen LogP contribution is -2.50. The monoisotopic (exact) mass is 603 g/mol. The lowest BCUT2D eigenvalue weighted by Gasteiger charge is -2.27. The fraction of sp³-hybridized carbons (Fsp3) is 0.281. The summed E-state index contributed by atoms with van der Waals surface area (Å²) in [6.45, 7) is 3.69. The van der Waals surface area contributed by atoms with Crippen molar-refractivity contribution in [2.75, 3.05) is 25.2 Å². The number of carbonyl (C=O) groups excluding carboxylic acids is 2. The van der Waals surface area contributed by atoms with Gasteiger partial charge in [0.25, 0.3) is 0 Å².